The summed E-state index contributed by atoms with van der Waals surface area (Å²) in [7, 11) is 1.54. The van der Waals surface area contributed by atoms with E-state index in [0.717, 1.165) is 22.1 Å². The van der Waals surface area contributed by atoms with E-state index in [9.17, 15) is 19.7 Å². The summed E-state index contributed by atoms with van der Waals surface area (Å²) < 4.78 is 19.0. The Morgan fingerprint density at radius 3 is 2.73 bits per heavy atom. The van der Waals surface area contributed by atoms with E-state index in [1.54, 1.807) is 39.2 Å². The third-order valence-electron chi connectivity index (χ3n) is 7.27. The van der Waals surface area contributed by atoms with Crippen LogP contribution in [0.1, 0.15) is 31.2 Å². The van der Waals surface area contributed by atoms with E-state index in [1.807, 2.05) is 36.4 Å². The molecule has 0 fully saturated rings. The molecule has 3 heterocycles. The molecule has 0 bridgehead atoms. The number of benzene rings is 3. The molecule has 5 aromatic rings. The number of nitrogens with zero attached hydrogens (tertiary/aromatic N) is 3. The van der Waals surface area contributed by atoms with Gasteiger partial charge in [-0.3, -0.25) is 19.5 Å². The molecule has 0 radical (unpaired) electrons. The molecule has 1 aliphatic heterocycles. The smallest absolute Gasteiger partial charge is 0.338 e. The minimum Gasteiger partial charge on any atom is -0.496 e. The molecule has 10 nitrogen and oxygen atoms in total. The van der Waals surface area contributed by atoms with Crippen molar-refractivity contribution in [3.63, 3.8) is 0 Å². The molecule has 0 saturated heterocycles. The number of ether oxygens (including phenoxy) is 2. The number of carbonyl (C=O) groups is 1. The first-order valence-electron chi connectivity index (χ1n) is 13.5. The number of nitro benzene ring substituents is 1. The second kappa shape index (κ2) is 11.6. The van der Waals surface area contributed by atoms with Gasteiger partial charge in [0.05, 0.1) is 39.5 Å². The Hall–Kier alpha value is -5.00. The Morgan fingerprint density at radius 1 is 1.18 bits per heavy atom. The summed E-state index contributed by atoms with van der Waals surface area (Å²) in [6.07, 6.45) is 1.57. The summed E-state index contributed by atoms with van der Waals surface area (Å²) in [5.41, 5.74) is 1.12. The third kappa shape index (κ3) is 4.99. The lowest BCUT2D eigenvalue weighted by Crippen LogP contribution is -2.40. The first-order valence-corrected chi connectivity index (χ1v) is 14.7. The summed E-state index contributed by atoms with van der Waals surface area (Å²) in [5.74, 6) is 0.557. The number of hydrogen-bond donors (Lipinski definition) is 0. The number of carbonyl (C=O) groups excluding carboxylic acids is 1. The van der Waals surface area contributed by atoms with Crippen LogP contribution < -0.4 is 19.6 Å². The molecule has 2 aromatic heterocycles. The Bertz CT molecular complexity index is 2200. The molecule has 0 N–H and O–H groups in total. The van der Waals surface area contributed by atoms with Crippen molar-refractivity contribution in [1.82, 2.24) is 4.57 Å². The molecule has 1 atom stereocenters. The lowest BCUT2D eigenvalue weighted by atomic mass is 9.90. The number of rotatable bonds is 7. The number of fused-ring (bicyclic) bond motifs is 2. The van der Waals surface area contributed by atoms with E-state index in [4.69, 9.17) is 25.5 Å². The van der Waals surface area contributed by atoms with Crippen molar-refractivity contribution in [2.45, 2.75) is 19.9 Å². The molecule has 6 rings (SSSR count). The van der Waals surface area contributed by atoms with Gasteiger partial charge >= 0.3 is 5.97 Å². The maximum absolute atomic E-state index is 14.1. The van der Waals surface area contributed by atoms with E-state index >= 15 is 0 Å². The van der Waals surface area contributed by atoms with Crippen molar-refractivity contribution in [2.24, 2.45) is 4.99 Å². The highest BCUT2D eigenvalue weighted by Crippen LogP contribution is 2.40. The van der Waals surface area contributed by atoms with Crippen LogP contribution >= 0.6 is 22.9 Å². The van der Waals surface area contributed by atoms with Gasteiger partial charge in [0.1, 0.15) is 23.3 Å². The molecule has 0 spiro atoms. The molecule has 0 unspecified atom stereocenters. The summed E-state index contributed by atoms with van der Waals surface area (Å²) >= 11 is 7.45. The van der Waals surface area contributed by atoms with Crippen molar-refractivity contribution in [3.05, 3.63) is 124 Å². The van der Waals surface area contributed by atoms with Gasteiger partial charge in [-0.25, -0.2) is 9.79 Å². The van der Waals surface area contributed by atoms with Gasteiger partial charge in [0.2, 0.25) is 0 Å². The fourth-order valence-corrected chi connectivity index (χ4v) is 6.56. The van der Waals surface area contributed by atoms with Crippen LogP contribution in [0.15, 0.2) is 92.2 Å². The minimum atomic E-state index is -0.885. The van der Waals surface area contributed by atoms with Gasteiger partial charge in [0.15, 0.2) is 4.80 Å². The SMILES string of the molecule is CCOC(=O)C1=C(C)N=c2s/c(=C\c3ccc(-c4cc([N+](=O)[O-])ccc4Cl)o3)c(=O)n2[C@@H]1c1c(OC)ccc2ccccc12. The Balaban J connectivity index is 1.55. The number of furan rings is 1. The average Bonchev–Trinajstić information content (AvgIpc) is 3.59. The lowest BCUT2D eigenvalue weighted by Gasteiger charge is -2.27. The van der Waals surface area contributed by atoms with E-state index in [0.29, 0.717) is 43.4 Å². The summed E-state index contributed by atoms with van der Waals surface area (Å²) in [4.78, 5) is 43.4. The number of esters is 1. The first-order chi connectivity index (χ1) is 21.2. The molecule has 0 saturated carbocycles. The van der Waals surface area contributed by atoms with Gasteiger partial charge in [-0.05, 0) is 48.9 Å². The van der Waals surface area contributed by atoms with Gasteiger partial charge < -0.3 is 13.9 Å². The highest BCUT2D eigenvalue weighted by molar-refractivity contribution is 7.07. The number of nitro groups is 1. The second-order valence-corrected chi connectivity index (χ2v) is 11.2. The molecule has 0 aliphatic carbocycles. The normalized spacial score (nSPS) is 14.8. The predicted octanol–water partition coefficient (Wildman–Crippen LogP) is 5.78. The predicted molar refractivity (Wildman–Crippen MR) is 167 cm³/mol. The highest BCUT2D eigenvalue weighted by atomic mass is 35.5. The Labute approximate surface area is 258 Å². The van der Waals surface area contributed by atoms with E-state index < -0.39 is 22.5 Å². The molecule has 1 aliphatic rings. The van der Waals surface area contributed by atoms with Gasteiger partial charge in [-0.1, -0.05) is 53.3 Å². The number of thiazole rings is 1. The van der Waals surface area contributed by atoms with Crippen LogP contribution in [0.2, 0.25) is 5.02 Å². The monoisotopic (exact) mass is 629 g/mol. The molecule has 222 valence electrons. The standard InChI is InChI=1S/C32H24ClN3O7S/c1-4-42-31(38)27-17(2)34-32-35(29(27)28-21-8-6-5-7-18(21)9-13-25(28)41-3)30(37)26(44-32)16-20-11-14-24(43-20)22-15-19(36(39)40)10-12-23(22)33/h5-16,29H,4H2,1-3H3/b26-16-/t29-/m0/s1. The lowest BCUT2D eigenvalue weighted by molar-refractivity contribution is -0.384. The van der Waals surface area contributed by atoms with Crippen LogP contribution in [0.3, 0.4) is 0 Å². The van der Waals surface area contributed by atoms with Crippen molar-refractivity contribution in [3.8, 4) is 17.1 Å². The van der Waals surface area contributed by atoms with E-state index in [2.05, 4.69) is 4.99 Å². The summed E-state index contributed by atoms with van der Waals surface area (Å²) in [6, 6.07) is 17.9. The Kier molecular flexibility index (Phi) is 7.66. The molecular formula is C32H24ClN3O7S. The van der Waals surface area contributed by atoms with Crippen LogP contribution in [0, 0.1) is 10.1 Å². The number of methoxy groups -OCH3 is 1. The zero-order valence-electron chi connectivity index (χ0n) is 23.7. The summed E-state index contributed by atoms with van der Waals surface area (Å²) in [5, 5.41) is 13.3. The molecule has 3 aromatic carbocycles. The maximum atomic E-state index is 14.1. The van der Waals surface area contributed by atoms with Gasteiger partial charge in [0, 0.05) is 29.3 Å². The number of aromatic nitrogens is 1. The van der Waals surface area contributed by atoms with Crippen molar-refractivity contribution in [1.29, 1.82) is 0 Å². The fourth-order valence-electron chi connectivity index (χ4n) is 5.32. The van der Waals surface area contributed by atoms with E-state index in [1.165, 1.54) is 22.8 Å². The number of hydrogen-bond acceptors (Lipinski definition) is 9. The molecular weight excluding hydrogens is 606 g/mol. The van der Waals surface area contributed by atoms with Gasteiger partial charge in [0.25, 0.3) is 11.2 Å². The minimum absolute atomic E-state index is 0.132. The fraction of sp³-hybridized carbons (Fsp3) is 0.156. The van der Waals surface area contributed by atoms with Gasteiger partial charge in [-0.15, -0.1) is 0 Å². The highest BCUT2D eigenvalue weighted by Gasteiger charge is 2.36. The summed E-state index contributed by atoms with van der Waals surface area (Å²) in [6.45, 7) is 3.58. The molecule has 0 amide bonds. The van der Waals surface area contributed by atoms with Crippen molar-refractivity contribution < 1.29 is 23.6 Å². The van der Waals surface area contributed by atoms with Crippen molar-refractivity contribution in [2.75, 3.05) is 13.7 Å². The van der Waals surface area contributed by atoms with Crippen LogP contribution in [0.4, 0.5) is 5.69 Å². The largest absolute Gasteiger partial charge is 0.496 e. The van der Waals surface area contributed by atoms with Crippen molar-refractivity contribution >= 4 is 51.4 Å². The van der Waals surface area contributed by atoms with Crippen LogP contribution in [0.5, 0.6) is 5.75 Å². The third-order valence-corrected chi connectivity index (χ3v) is 8.58. The average molecular weight is 630 g/mol. The maximum Gasteiger partial charge on any atom is 0.338 e. The second-order valence-electron chi connectivity index (χ2n) is 9.83. The van der Waals surface area contributed by atoms with Gasteiger partial charge in [-0.2, -0.15) is 0 Å². The van der Waals surface area contributed by atoms with Crippen LogP contribution in [-0.4, -0.2) is 29.2 Å². The number of allylic oxidation sites excluding steroid dienone is 1. The first kappa shape index (κ1) is 29.1. The number of halogens is 1. The topological polar surface area (TPSA) is 126 Å². The zero-order chi connectivity index (χ0) is 31.1. The molecule has 44 heavy (non-hydrogen) atoms. The quantitative estimate of drug-likeness (QED) is 0.127. The van der Waals surface area contributed by atoms with Crippen LogP contribution in [-0.2, 0) is 9.53 Å². The number of non-ortho nitro benzene ring substituents is 1. The zero-order valence-corrected chi connectivity index (χ0v) is 25.3. The molecule has 12 heteroatoms. The Morgan fingerprint density at radius 2 is 1.98 bits per heavy atom. The van der Waals surface area contributed by atoms with Crippen LogP contribution in [0.25, 0.3) is 28.2 Å². The van der Waals surface area contributed by atoms with E-state index in [-0.39, 0.29) is 22.9 Å².